The fourth-order valence-corrected chi connectivity index (χ4v) is 3.39. The fourth-order valence-electron chi connectivity index (χ4n) is 3.26. The van der Waals surface area contributed by atoms with Crippen LogP contribution in [-0.2, 0) is 0 Å². The number of hydrogen-bond donors (Lipinski definition) is 1. The van der Waals surface area contributed by atoms with Crippen molar-refractivity contribution in [3.8, 4) is 11.5 Å². The van der Waals surface area contributed by atoms with Crippen LogP contribution in [0.25, 0.3) is 11.5 Å². The predicted molar refractivity (Wildman–Crippen MR) is 90.9 cm³/mol. The van der Waals surface area contributed by atoms with Crippen molar-refractivity contribution in [3.63, 3.8) is 0 Å². The molecular weight excluding hydrogens is 326 g/mol. The molecule has 24 heavy (non-hydrogen) atoms. The molecule has 1 aliphatic rings. The van der Waals surface area contributed by atoms with E-state index in [-0.39, 0.29) is 11.9 Å². The van der Waals surface area contributed by atoms with E-state index in [0.29, 0.717) is 23.0 Å². The summed E-state index contributed by atoms with van der Waals surface area (Å²) in [5.74, 6) is 0.620. The molecule has 1 aromatic carbocycles. The molecule has 0 aliphatic carbocycles. The topological polar surface area (TPSA) is 62.1 Å². The van der Waals surface area contributed by atoms with Gasteiger partial charge in [0.1, 0.15) is 5.69 Å². The molecule has 2 aromatic heterocycles. The molecule has 0 spiro atoms. The first-order valence-electron chi connectivity index (χ1n) is 7.89. The van der Waals surface area contributed by atoms with Gasteiger partial charge in [-0.2, -0.15) is 5.10 Å². The average Bonchev–Trinajstić information content (AvgIpc) is 3.28. The quantitative estimate of drug-likeness (QED) is 0.770. The van der Waals surface area contributed by atoms with Gasteiger partial charge in [0.15, 0.2) is 11.5 Å². The Kier molecular flexibility index (Phi) is 3.65. The number of H-pyrrole nitrogens is 1. The molecule has 6 heteroatoms. The molecule has 0 saturated carbocycles. The summed E-state index contributed by atoms with van der Waals surface area (Å²) in [5.41, 5.74) is 3.09. The zero-order valence-electron chi connectivity index (χ0n) is 13.1. The van der Waals surface area contributed by atoms with Gasteiger partial charge in [0.2, 0.25) is 0 Å². The summed E-state index contributed by atoms with van der Waals surface area (Å²) in [6.45, 7) is 2.72. The summed E-state index contributed by atoms with van der Waals surface area (Å²) in [5, 5.41) is 7.89. The lowest BCUT2D eigenvalue weighted by Crippen LogP contribution is -2.30. The minimum absolute atomic E-state index is 0.0548. The first-order valence-corrected chi connectivity index (χ1v) is 8.27. The number of aromatic nitrogens is 2. The molecule has 0 saturated heterocycles. The van der Waals surface area contributed by atoms with Crippen LogP contribution in [0.3, 0.4) is 0 Å². The Bertz CT molecular complexity index is 868. The molecule has 1 amide bonds. The lowest BCUT2D eigenvalue weighted by Gasteiger charge is -2.25. The highest BCUT2D eigenvalue weighted by Crippen LogP contribution is 2.42. The van der Waals surface area contributed by atoms with Crippen molar-refractivity contribution < 1.29 is 9.21 Å². The molecule has 3 aromatic rings. The van der Waals surface area contributed by atoms with E-state index in [1.165, 1.54) is 0 Å². The number of fused-ring (bicyclic) bond motifs is 1. The van der Waals surface area contributed by atoms with Gasteiger partial charge < -0.3 is 9.32 Å². The summed E-state index contributed by atoms with van der Waals surface area (Å²) in [4.78, 5) is 14.7. The van der Waals surface area contributed by atoms with Gasteiger partial charge in [0.05, 0.1) is 12.3 Å². The summed E-state index contributed by atoms with van der Waals surface area (Å²) < 4.78 is 5.51. The first-order chi connectivity index (χ1) is 11.7. The third-order valence-corrected chi connectivity index (χ3v) is 4.52. The molecule has 122 valence electrons. The molecule has 3 heterocycles. The molecule has 4 rings (SSSR count). The Morgan fingerprint density at radius 1 is 1.29 bits per heavy atom. The van der Waals surface area contributed by atoms with Gasteiger partial charge >= 0.3 is 0 Å². The van der Waals surface area contributed by atoms with E-state index in [2.05, 4.69) is 17.1 Å². The number of aromatic amines is 1. The molecular formula is C18H16ClN3O2. The third-order valence-electron chi connectivity index (χ3n) is 4.27. The summed E-state index contributed by atoms with van der Waals surface area (Å²) in [7, 11) is 0. The van der Waals surface area contributed by atoms with E-state index in [1.54, 1.807) is 6.26 Å². The number of amides is 1. The lowest BCUT2D eigenvalue weighted by molar-refractivity contribution is 0.0744. The van der Waals surface area contributed by atoms with Crippen molar-refractivity contribution in [3.05, 3.63) is 64.5 Å². The van der Waals surface area contributed by atoms with Gasteiger partial charge in [-0.3, -0.25) is 9.89 Å². The molecule has 0 fully saturated rings. The number of halogens is 1. The van der Waals surface area contributed by atoms with Crippen LogP contribution in [0.15, 0.2) is 47.1 Å². The maximum absolute atomic E-state index is 12.8. The molecule has 1 N–H and O–H groups in total. The standard InChI is InChI=1S/C18H16ClN3O2/c1-2-9-22-17(11-5-7-12(19)8-6-11)14-15(13-4-3-10-24-13)20-21-16(14)18(22)23/h3-8,10,17H,2,9H2,1H3,(H,20,21)/t17-/m0/s1. The molecule has 0 unspecified atom stereocenters. The zero-order chi connectivity index (χ0) is 16.7. The van der Waals surface area contributed by atoms with Gasteiger partial charge in [-0.05, 0) is 36.2 Å². The average molecular weight is 342 g/mol. The van der Waals surface area contributed by atoms with E-state index in [0.717, 1.165) is 23.2 Å². The number of nitrogens with one attached hydrogen (secondary N) is 1. The Labute approximate surface area is 144 Å². The van der Waals surface area contributed by atoms with E-state index in [4.69, 9.17) is 16.0 Å². The van der Waals surface area contributed by atoms with Crippen molar-refractivity contribution in [2.24, 2.45) is 0 Å². The summed E-state index contributed by atoms with van der Waals surface area (Å²) in [6, 6.07) is 11.1. The SMILES string of the molecule is CCCN1C(=O)c2n[nH]c(-c3ccco3)c2[C@@H]1c1ccc(Cl)cc1. The van der Waals surface area contributed by atoms with Crippen LogP contribution < -0.4 is 0 Å². The number of hydrogen-bond acceptors (Lipinski definition) is 3. The number of rotatable bonds is 4. The second-order valence-corrected chi connectivity index (χ2v) is 6.23. The van der Waals surface area contributed by atoms with Crippen molar-refractivity contribution in [2.75, 3.05) is 6.54 Å². The molecule has 0 radical (unpaired) electrons. The second kappa shape index (κ2) is 5.83. The van der Waals surface area contributed by atoms with E-state index in [1.807, 2.05) is 41.3 Å². The van der Waals surface area contributed by atoms with Crippen molar-refractivity contribution in [1.82, 2.24) is 15.1 Å². The Morgan fingerprint density at radius 2 is 2.08 bits per heavy atom. The van der Waals surface area contributed by atoms with Crippen LogP contribution >= 0.6 is 11.6 Å². The zero-order valence-corrected chi connectivity index (χ0v) is 13.9. The minimum atomic E-state index is -0.191. The van der Waals surface area contributed by atoms with Gasteiger partial charge in [-0.15, -0.1) is 0 Å². The number of carbonyl (C=O) groups is 1. The van der Waals surface area contributed by atoms with Crippen LogP contribution in [0.2, 0.25) is 5.02 Å². The van der Waals surface area contributed by atoms with Crippen LogP contribution in [0.5, 0.6) is 0 Å². The van der Waals surface area contributed by atoms with Crippen LogP contribution in [0, 0.1) is 0 Å². The largest absolute Gasteiger partial charge is 0.463 e. The lowest BCUT2D eigenvalue weighted by atomic mass is 9.98. The van der Waals surface area contributed by atoms with Gasteiger partial charge in [-0.1, -0.05) is 30.7 Å². The van der Waals surface area contributed by atoms with Gasteiger partial charge in [0.25, 0.3) is 5.91 Å². The maximum atomic E-state index is 12.8. The smallest absolute Gasteiger partial charge is 0.275 e. The predicted octanol–water partition coefficient (Wildman–Crippen LogP) is 4.28. The molecule has 0 bridgehead atoms. The molecule has 1 atom stereocenters. The Morgan fingerprint density at radius 3 is 2.75 bits per heavy atom. The number of carbonyl (C=O) groups excluding carboxylic acids is 1. The van der Waals surface area contributed by atoms with E-state index in [9.17, 15) is 4.79 Å². The minimum Gasteiger partial charge on any atom is -0.463 e. The van der Waals surface area contributed by atoms with E-state index < -0.39 is 0 Å². The van der Waals surface area contributed by atoms with Crippen molar-refractivity contribution in [2.45, 2.75) is 19.4 Å². The van der Waals surface area contributed by atoms with Crippen LogP contribution in [0.4, 0.5) is 0 Å². The first kappa shape index (κ1) is 15.0. The number of benzene rings is 1. The van der Waals surface area contributed by atoms with Crippen LogP contribution in [0.1, 0.15) is 41.0 Å². The highest BCUT2D eigenvalue weighted by Gasteiger charge is 2.42. The van der Waals surface area contributed by atoms with E-state index >= 15 is 0 Å². The Hall–Kier alpha value is -2.53. The molecule has 5 nitrogen and oxygen atoms in total. The highest BCUT2D eigenvalue weighted by molar-refractivity contribution is 6.30. The van der Waals surface area contributed by atoms with Crippen LogP contribution in [-0.4, -0.2) is 27.5 Å². The molecule has 1 aliphatic heterocycles. The summed E-state index contributed by atoms with van der Waals surface area (Å²) in [6.07, 6.45) is 2.49. The normalized spacial score (nSPS) is 16.7. The third kappa shape index (κ3) is 2.24. The fraction of sp³-hybridized carbons (Fsp3) is 0.222. The van der Waals surface area contributed by atoms with Crippen molar-refractivity contribution in [1.29, 1.82) is 0 Å². The second-order valence-electron chi connectivity index (χ2n) is 5.79. The van der Waals surface area contributed by atoms with Crippen molar-refractivity contribution >= 4 is 17.5 Å². The number of furan rings is 1. The Balaban J connectivity index is 1.89. The van der Waals surface area contributed by atoms with Gasteiger partial charge in [-0.25, -0.2) is 0 Å². The van der Waals surface area contributed by atoms with Gasteiger partial charge in [0, 0.05) is 17.1 Å². The maximum Gasteiger partial charge on any atom is 0.275 e. The highest BCUT2D eigenvalue weighted by atomic mass is 35.5. The number of nitrogens with zero attached hydrogens (tertiary/aromatic N) is 2. The summed E-state index contributed by atoms with van der Waals surface area (Å²) >= 11 is 6.02. The monoisotopic (exact) mass is 341 g/mol.